The lowest BCUT2D eigenvalue weighted by atomic mass is 10.1. The minimum atomic E-state index is -0.508. The summed E-state index contributed by atoms with van der Waals surface area (Å²) >= 11 is 0. The van der Waals surface area contributed by atoms with E-state index in [1.54, 1.807) is 24.3 Å². The van der Waals surface area contributed by atoms with Crippen molar-refractivity contribution >= 4 is 39.9 Å². The summed E-state index contributed by atoms with van der Waals surface area (Å²) in [4.78, 5) is 35.7. The molecule has 2 amide bonds. The lowest BCUT2D eigenvalue weighted by Gasteiger charge is -2.09. The molecule has 0 heterocycles. The van der Waals surface area contributed by atoms with E-state index in [9.17, 15) is 14.4 Å². The highest BCUT2D eigenvalue weighted by Gasteiger charge is 2.10. The standard InChI is InChI=1S/C23H22N2O4/c26-21(25-20-13-6-9-17-8-4-5-12-19(17)20)14-7-15-23(28)29-16-22(27)24-18-10-2-1-3-11-18/h1-6,8-13H,7,14-16H2,(H,24,27)(H,25,26). The van der Waals surface area contributed by atoms with Gasteiger partial charge in [-0.05, 0) is 30.0 Å². The average Bonchev–Trinajstić information content (AvgIpc) is 2.73. The molecule has 3 aromatic carbocycles. The molecule has 3 aromatic rings. The zero-order valence-corrected chi connectivity index (χ0v) is 15.9. The molecule has 0 atom stereocenters. The van der Waals surface area contributed by atoms with E-state index in [1.807, 2.05) is 48.5 Å². The molecule has 0 aromatic heterocycles. The van der Waals surface area contributed by atoms with Crippen LogP contribution in [0.15, 0.2) is 72.8 Å². The van der Waals surface area contributed by atoms with Crippen molar-refractivity contribution in [2.45, 2.75) is 19.3 Å². The zero-order chi connectivity index (χ0) is 20.5. The van der Waals surface area contributed by atoms with E-state index < -0.39 is 11.9 Å². The maximum Gasteiger partial charge on any atom is 0.306 e. The van der Waals surface area contributed by atoms with Crippen molar-refractivity contribution in [3.8, 4) is 0 Å². The summed E-state index contributed by atoms with van der Waals surface area (Å²) in [7, 11) is 0. The lowest BCUT2D eigenvalue weighted by molar-refractivity contribution is -0.147. The Morgan fingerprint density at radius 1 is 0.724 bits per heavy atom. The van der Waals surface area contributed by atoms with E-state index in [0.717, 1.165) is 16.5 Å². The molecule has 0 aliphatic carbocycles. The zero-order valence-electron chi connectivity index (χ0n) is 15.9. The monoisotopic (exact) mass is 390 g/mol. The van der Waals surface area contributed by atoms with E-state index in [0.29, 0.717) is 12.1 Å². The number of para-hydroxylation sites is 1. The van der Waals surface area contributed by atoms with Crippen molar-refractivity contribution in [2.24, 2.45) is 0 Å². The first-order valence-corrected chi connectivity index (χ1v) is 9.40. The number of esters is 1. The Hall–Kier alpha value is -3.67. The van der Waals surface area contributed by atoms with Gasteiger partial charge in [-0.15, -0.1) is 0 Å². The van der Waals surface area contributed by atoms with Crippen molar-refractivity contribution in [1.29, 1.82) is 0 Å². The number of hydrogen-bond acceptors (Lipinski definition) is 4. The minimum Gasteiger partial charge on any atom is -0.456 e. The lowest BCUT2D eigenvalue weighted by Crippen LogP contribution is -2.21. The number of nitrogens with one attached hydrogen (secondary N) is 2. The van der Waals surface area contributed by atoms with Gasteiger partial charge in [0.25, 0.3) is 5.91 Å². The van der Waals surface area contributed by atoms with Crippen LogP contribution in [0.25, 0.3) is 10.8 Å². The molecule has 148 valence electrons. The maximum atomic E-state index is 12.2. The van der Waals surface area contributed by atoms with Crippen LogP contribution in [0.5, 0.6) is 0 Å². The highest BCUT2D eigenvalue weighted by atomic mass is 16.5. The number of fused-ring (bicyclic) bond motifs is 1. The number of rotatable bonds is 8. The molecule has 29 heavy (non-hydrogen) atoms. The molecule has 0 aliphatic heterocycles. The predicted octanol–water partition coefficient (Wildman–Crippen LogP) is 4.13. The molecule has 2 N–H and O–H groups in total. The highest BCUT2D eigenvalue weighted by molar-refractivity contribution is 6.02. The fourth-order valence-corrected chi connectivity index (χ4v) is 2.88. The summed E-state index contributed by atoms with van der Waals surface area (Å²) in [5.41, 5.74) is 1.38. The fraction of sp³-hybridized carbons (Fsp3) is 0.174. The van der Waals surface area contributed by atoms with Crippen LogP contribution < -0.4 is 10.6 Å². The summed E-state index contributed by atoms with van der Waals surface area (Å²) in [6.45, 7) is -0.351. The Morgan fingerprint density at radius 2 is 1.45 bits per heavy atom. The van der Waals surface area contributed by atoms with Crippen molar-refractivity contribution < 1.29 is 19.1 Å². The van der Waals surface area contributed by atoms with Crippen LogP contribution in [0, 0.1) is 0 Å². The number of benzene rings is 3. The van der Waals surface area contributed by atoms with Crippen LogP contribution >= 0.6 is 0 Å². The van der Waals surface area contributed by atoms with Crippen molar-refractivity contribution in [1.82, 2.24) is 0 Å². The third-order valence-electron chi connectivity index (χ3n) is 4.27. The first-order valence-electron chi connectivity index (χ1n) is 9.40. The Kier molecular flexibility index (Phi) is 6.95. The molecule has 0 saturated carbocycles. The van der Waals surface area contributed by atoms with Crippen LogP contribution in [-0.2, 0) is 19.1 Å². The normalized spacial score (nSPS) is 10.3. The maximum absolute atomic E-state index is 12.2. The number of hydrogen-bond donors (Lipinski definition) is 2. The van der Waals surface area contributed by atoms with Gasteiger partial charge in [0.05, 0.1) is 0 Å². The molecule has 0 fully saturated rings. The van der Waals surface area contributed by atoms with Crippen molar-refractivity contribution in [3.05, 3.63) is 72.8 Å². The SMILES string of the molecule is O=C(COC(=O)CCCC(=O)Nc1cccc2ccccc12)Nc1ccccc1. The summed E-state index contributed by atoms with van der Waals surface area (Å²) < 4.78 is 4.95. The number of ether oxygens (including phenoxy) is 1. The first kappa shape index (κ1) is 20.1. The van der Waals surface area contributed by atoms with Gasteiger partial charge >= 0.3 is 5.97 Å². The third-order valence-corrected chi connectivity index (χ3v) is 4.27. The second-order valence-electron chi connectivity index (χ2n) is 6.50. The molecule has 0 bridgehead atoms. The molecule has 0 unspecified atom stereocenters. The number of anilines is 2. The topological polar surface area (TPSA) is 84.5 Å². The summed E-state index contributed by atoms with van der Waals surface area (Å²) in [6, 6.07) is 22.4. The van der Waals surface area contributed by atoms with Crippen LogP contribution in [-0.4, -0.2) is 24.4 Å². The van der Waals surface area contributed by atoms with E-state index in [1.165, 1.54) is 0 Å². The van der Waals surface area contributed by atoms with E-state index >= 15 is 0 Å². The van der Waals surface area contributed by atoms with E-state index in [2.05, 4.69) is 10.6 Å². The summed E-state index contributed by atoms with van der Waals surface area (Å²) in [5, 5.41) is 7.52. The Balaban J connectivity index is 1.37. The Bertz CT molecular complexity index is 997. The molecular weight excluding hydrogens is 368 g/mol. The second kappa shape index (κ2) is 10.0. The highest BCUT2D eigenvalue weighted by Crippen LogP contribution is 2.23. The number of carbonyl (C=O) groups is 3. The van der Waals surface area contributed by atoms with Gasteiger partial charge in [0.1, 0.15) is 0 Å². The quantitative estimate of drug-likeness (QED) is 0.567. The molecule has 0 radical (unpaired) electrons. The van der Waals surface area contributed by atoms with Gasteiger partial charge in [0.15, 0.2) is 6.61 Å². The van der Waals surface area contributed by atoms with Crippen molar-refractivity contribution in [2.75, 3.05) is 17.2 Å². The van der Waals surface area contributed by atoms with Crippen LogP contribution in [0.2, 0.25) is 0 Å². The third kappa shape index (κ3) is 6.17. The Labute approximate surface area is 168 Å². The summed E-state index contributed by atoms with van der Waals surface area (Å²) in [5.74, 6) is -1.08. The molecule has 6 nitrogen and oxygen atoms in total. The van der Waals surface area contributed by atoms with Gasteiger partial charge in [0.2, 0.25) is 5.91 Å². The molecule has 0 aliphatic rings. The number of amides is 2. The first-order chi connectivity index (χ1) is 14.1. The van der Waals surface area contributed by atoms with Gasteiger partial charge in [0, 0.05) is 29.6 Å². The van der Waals surface area contributed by atoms with Gasteiger partial charge < -0.3 is 15.4 Å². The summed E-state index contributed by atoms with van der Waals surface area (Å²) in [6.07, 6.45) is 0.603. The van der Waals surface area contributed by atoms with Gasteiger partial charge in [-0.1, -0.05) is 54.6 Å². The molecule has 6 heteroatoms. The van der Waals surface area contributed by atoms with Crippen molar-refractivity contribution in [3.63, 3.8) is 0 Å². The largest absolute Gasteiger partial charge is 0.456 e. The predicted molar refractivity (Wildman–Crippen MR) is 112 cm³/mol. The Morgan fingerprint density at radius 3 is 2.28 bits per heavy atom. The molecule has 0 spiro atoms. The van der Waals surface area contributed by atoms with Gasteiger partial charge in [-0.3, -0.25) is 14.4 Å². The minimum absolute atomic E-state index is 0.0710. The smallest absolute Gasteiger partial charge is 0.306 e. The second-order valence-corrected chi connectivity index (χ2v) is 6.50. The fourth-order valence-electron chi connectivity index (χ4n) is 2.88. The van der Waals surface area contributed by atoms with Crippen LogP contribution in [0.3, 0.4) is 0 Å². The van der Waals surface area contributed by atoms with Gasteiger partial charge in [-0.25, -0.2) is 0 Å². The number of carbonyl (C=O) groups excluding carboxylic acids is 3. The molecule has 3 rings (SSSR count). The van der Waals surface area contributed by atoms with Crippen LogP contribution in [0.1, 0.15) is 19.3 Å². The van der Waals surface area contributed by atoms with Crippen LogP contribution in [0.4, 0.5) is 11.4 Å². The average molecular weight is 390 g/mol. The van der Waals surface area contributed by atoms with Gasteiger partial charge in [-0.2, -0.15) is 0 Å². The molecule has 0 saturated heterocycles. The molecular formula is C23H22N2O4. The van der Waals surface area contributed by atoms with E-state index in [-0.39, 0.29) is 25.4 Å². The van der Waals surface area contributed by atoms with E-state index in [4.69, 9.17) is 4.74 Å².